The fourth-order valence-corrected chi connectivity index (χ4v) is 1.31. The Hall–Kier alpha value is -2.64. The summed E-state index contributed by atoms with van der Waals surface area (Å²) in [6.07, 6.45) is 2.08. The van der Waals surface area contributed by atoms with E-state index in [1.54, 1.807) is 0 Å². The Morgan fingerprint density at radius 1 is 1.22 bits per heavy atom. The maximum atomic E-state index is 12.9. The molecule has 2 aromatic rings. The zero-order valence-electron chi connectivity index (χ0n) is 8.80. The highest BCUT2D eigenvalue weighted by Gasteiger charge is 2.15. The van der Waals surface area contributed by atoms with Crippen molar-refractivity contribution in [1.82, 2.24) is 9.97 Å². The van der Waals surface area contributed by atoms with Crippen LogP contribution in [0.3, 0.4) is 0 Å². The Morgan fingerprint density at radius 2 is 1.89 bits per heavy atom. The molecule has 2 rings (SSSR count). The van der Waals surface area contributed by atoms with E-state index < -0.39 is 16.6 Å². The van der Waals surface area contributed by atoms with Gasteiger partial charge in [0, 0.05) is 11.8 Å². The van der Waals surface area contributed by atoms with Gasteiger partial charge in [-0.2, -0.15) is 0 Å². The summed E-state index contributed by atoms with van der Waals surface area (Å²) < 4.78 is 25.9. The molecule has 6 nitrogen and oxygen atoms in total. The maximum absolute atomic E-state index is 12.9. The number of hydrogen-bond acceptors (Lipinski definition) is 5. The van der Waals surface area contributed by atoms with E-state index in [0.717, 1.165) is 24.7 Å². The lowest BCUT2D eigenvalue weighted by molar-refractivity contribution is -0.384. The highest BCUT2D eigenvalue weighted by atomic mass is 19.1. The van der Waals surface area contributed by atoms with Crippen LogP contribution in [0.15, 0.2) is 30.7 Å². The monoisotopic (exact) mass is 252 g/mol. The molecule has 0 aliphatic heterocycles. The number of hydrogen-bond donors (Lipinski definition) is 1. The van der Waals surface area contributed by atoms with Gasteiger partial charge in [-0.05, 0) is 12.1 Å². The highest BCUT2D eigenvalue weighted by Crippen LogP contribution is 2.24. The highest BCUT2D eigenvalue weighted by molar-refractivity contribution is 5.64. The molecule has 92 valence electrons. The number of benzene rings is 1. The van der Waals surface area contributed by atoms with Crippen molar-refractivity contribution >= 4 is 17.2 Å². The number of aromatic nitrogens is 2. The Balaban J connectivity index is 2.37. The molecule has 0 aliphatic rings. The molecule has 0 aliphatic carbocycles. The minimum Gasteiger partial charge on any atom is -0.334 e. The van der Waals surface area contributed by atoms with Crippen LogP contribution in [0.1, 0.15) is 0 Å². The van der Waals surface area contributed by atoms with Crippen molar-refractivity contribution in [2.75, 3.05) is 5.32 Å². The van der Waals surface area contributed by atoms with Gasteiger partial charge in [0.25, 0.3) is 0 Å². The third-order valence-electron chi connectivity index (χ3n) is 2.01. The van der Waals surface area contributed by atoms with Gasteiger partial charge in [-0.25, -0.2) is 18.7 Å². The van der Waals surface area contributed by atoms with Gasteiger partial charge < -0.3 is 5.32 Å². The Kier molecular flexibility index (Phi) is 3.09. The fourth-order valence-electron chi connectivity index (χ4n) is 1.31. The molecule has 1 aromatic heterocycles. The molecular formula is C10H6F2N4O2. The Labute approximate surface area is 99.5 Å². The lowest BCUT2D eigenvalue weighted by Crippen LogP contribution is -2.00. The number of halogens is 2. The van der Waals surface area contributed by atoms with Gasteiger partial charge in [-0.15, -0.1) is 0 Å². The summed E-state index contributed by atoms with van der Waals surface area (Å²) in [5.74, 6) is -1.73. The Bertz CT molecular complexity index is 586. The second-order valence-corrected chi connectivity index (χ2v) is 3.30. The molecule has 1 N–H and O–H groups in total. The van der Waals surface area contributed by atoms with E-state index in [0.29, 0.717) is 6.07 Å². The van der Waals surface area contributed by atoms with E-state index in [1.807, 2.05) is 0 Å². The van der Waals surface area contributed by atoms with Crippen molar-refractivity contribution in [1.29, 1.82) is 0 Å². The fraction of sp³-hybridized carbons (Fsp3) is 0. The molecule has 0 spiro atoms. The molecule has 18 heavy (non-hydrogen) atoms. The maximum Gasteiger partial charge on any atom is 0.329 e. The van der Waals surface area contributed by atoms with Crippen LogP contribution < -0.4 is 5.32 Å². The summed E-state index contributed by atoms with van der Waals surface area (Å²) in [6.45, 7) is 0. The number of anilines is 2. The van der Waals surface area contributed by atoms with Crippen LogP contribution in [0.5, 0.6) is 0 Å². The molecule has 0 saturated heterocycles. The van der Waals surface area contributed by atoms with Gasteiger partial charge in [-0.3, -0.25) is 10.1 Å². The number of rotatable bonds is 3. The van der Waals surface area contributed by atoms with Crippen molar-refractivity contribution in [3.63, 3.8) is 0 Å². The minimum absolute atomic E-state index is 0.0225. The zero-order valence-corrected chi connectivity index (χ0v) is 8.80. The van der Waals surface area contributed by atoms with Crippen molar-refractivity contribution in [3.05, 3.63) is 52.5 Å². The lowest BCUT2D eigenvalue weighted by Gasteiger charge is -2.05. The van der Waals surface area contributed by atoms with Gasteiger partial charge in [0.1, 0.15) is 24.2 Å². The van der Waals surface area contributed by atoms with Crippen LogP contribution in [0.25, 0.3) is 0 Å². The SMILES string of the molecule is O=[N+]([O-])c1cncnc1Nc1cc(F)cc(F)c1. The summed E-state index contributed by atoms with van der Waals surface area (Å²) in [6, 6.07) is 2.68. The minimum atomic E-state index is -0.797. The van der Waals surface area contributed by atoms with E-state index in [9.17, 15) is 18.9 Å². The van der Waals surface area contributed by atoms with E-state index in [-0.39, 0.29) is 17.2 Å². The largest absolute Gasteiger partial charge is 0.334 e. The summed E-state index contributed by atoms with van der Waals surface area (Å²) in [5.41, 5.74) is -0.364. The Morgan fingerprint density at radius 3 is 2.50 bits per heavy atom. The van der Waals surface area contributed by atoms with Crippen molar-refractivity contribution in [2.45, 2.75) is 0 Å². The van der Waals surface area contributed by atoms with E-state index >= 15 is 0 Å². The molecule has 0 fully saturated rings. The topological polar surface area (TPSA) is 81.0 Å². The molecule has 1 aromatic carbocycles. The average Bonchev–Trinajstić information content (AvgIpc) is 2.27. The summed E-state index contributed by atoms with van der Waals surface area (Å²) in [7, 11) is 0. The summed E-state index contributed by atoms with van der Waals surface area (Å²) >= 11 is 0. The predicted molar refractivity (Wildman–Crippen MR) is 58.3 cm³/mol. The predicted octanol–water partition coefficient (Wildman–Crippen LogP) is 2.41. The quantitative estimate of drug-likeness (QED) is 0.670. The first-order valence-electron chi connectivity index (χ1n) is 4.74. The zero-order chi connectivity index (χ0) is 13.1. The molecule has 1 heterocycles. The molecule has 8 heteroatoms. The van der Waals surface area contributed by atoms with Crippen LogP contribution >= 0.6 is 0 Å². The summed E-state index contributed by atoms with van der Waals surface area (Å²) in [4.78, 5) is 17.1. The molecule has 0 radical (unpaired) electrons. The first kappa shape index (κ1) is 11.8. The number of nitro groups is 1. The van der Waals surface area contributed by atoms with Gasteiger partial charge in [0.2, 0.25) is 5.82 Å². The molecule has 0 atom stereocenters. The third-order valence-corrected chi connectivity index (χ3v) is 2.01. The molecule has 0 unspecified atom stereocenters. The first-order valence-corrected chi connectivity index (χ1v) is 4.74. The van der Waals surface area contributed by atoms with Crippen LogP contribution in [0.2, 0.25) is 0 Å². The van der Waals surface area contributed by atoms with E-state index in [4.69, 9.17) is 0 Å². The van der Waals surface area contributed by atoms with Crippen LogP contribution in [-0.4, -0.2) is 14.9 Å². The second kappa shape index (κ2) is 4.70. The number of nitrogens with zero attached hydrogens (tertiary/aromatic N) is 3. The van der Waals surface area contributed by atoms with Crippen molar-refractivity contribution < 1.29 is 13.7 Å². The summed E-state index contributed by atoms with van der Waals surface area (Å²) in [5, 5.41) is 13.1. The molecule has 0 amide bonds. The molecular weight excluding hydrogens is 246 g/mol. The normalized spacial score (nSPS) is 10.1. The molecule has 0 saturated carbocycles. The van der Waals surface area contributed by atoms with Crippen LogP contribution in [0.4, 0.5) is 26.0 Å². The first-order chi connectivity index (χ1) is 8.56. The van der Waals surface area contributed by atoms with Gasteiger partial charge >= 0.3 is 5.69 Å². The smallest absolute Gasteiger partial charge is 0.329 e. The standard InChI is InChI=1S/C10H6F2N4O2/c11-6-1-7(12)3-8(2-6)15-10-9(16(17)18)4-13-5-14-10/h1-5H,(H,13,14,15). The lowest BCUT2D eigenvalue weighted by atomic mass is 10.3. The van der Waals surface area contributed by atoms with Gasteiger partial charge in [-0.1, -0.05) is 0 Å². The van der Waals surface area contributed by atoms with E-state index in [1.165, 1.54) is 0 Å². The van der Waals surface area contributed by atoms with Crippen molar-refractivity contribution in [3.8, 4) is 0 Å². The molecule has 0 bridgehead atoms. The van der Waals surface area contributed by atoms with Crippen LogP contribution in [-0.2, 0) is 0 Å². The number of nitrogens with one attached hydrogen (secondary N) is 1. The van der Waals surface area contributed by atoms with Crippen LogP contribution in [0, 0.1) is 21.7 Å². The van der Waals surface area contributed by atoms with Gasteiger partial charge in [0.15, 0.2) is 0 Å². The third kappa shape index (κ3) is 2.54. The average molecular weight is 252 g/mol. The van der Waals surface area contributed by atoms with Crippen molar-refractivity contribution in [2.24, 2.45) is 0 Å². The second-order valence-electron chi connectivity index (χ2n) is 3.30. The van der Waals surface area contributed by atoms with Gasteiger partial charge in [0.05, 0.1) is 4.92 Å². The van der Waals surface area contributed by atoms with E-state index in [2.05, 4.69) is 15.3 Å².